The van der Waals surface area contributed by atoms with Gasteiger partial charge in [0.15, 0.2) is 0 Å². The minimum absolute atomic E-state index is 0.00749. The molecule has 0 aromatic carbocycles. The normalized spacial score (nSPS) is 19.5. The first kappa shape index (κ1) is 22.7. The highest BCUT2D eigenvalue weighted by Crippen LogP contribution is 2.33. The minimum Gasteiger partial charge on any atom is -0.469 e. The highest BCUT2D eigenvalue weighted by molar-refractivity contribution is 6.20. The van der Waals surface area contributed by atoms with E-state index in [-0.39, 0.29) is 23.6 Å². The number of methoxy groups -OCH3 is 1. The van der Waals surface area contributed by atoms with Gasteiger partial charge >= 0.3 is 5.97 Å². The summed E-state index contributed by atoms with van der Waals surface area (Å²) < 4.78 is 4.61. The second-order valence-electron chi connectivity index (χ2n) is 7.00. The van der Waals surface area contributed by atoms with Crippen LogP contribution in [0.3, 0.4) is 0 Å². The summed E-state index contributed by atoms with van der Waals surface area (Å²) in [6.07, 6.45) is 4.14. The van der Waals surface area contributed by atoms with Crippen molar-refractivity contribution in [3.8, 4) is 0 Å². The van der Waals surface area contributed by atoms with Crippen LogP contribution in [0.2, 0.25) is 0 Å². The van der Waals surface area contributed by atoms with E-state index in [2.05, 4.69) is 11.7 Å². The van der Waals surface area contributed by atoms with Crippen molar-refractivity contribution in [2.75, 3.05) is 7.11 Å². The van der Waals surface area contributed by atoms with Crippen LogP contribution in [-0.2, 0) is 9.53 Å². The number of aliphatic hydroxyl groups is 2. The number of ether oxygens (including phenoxy) is 1. The van der Waals surface area contributed by atoms with Crippen molar-refractivity contribution in [1.29, 1.82) is 0 Å². The standard InChI is InChI=1S/C18H35ClO4/c1-6-8-9-15(13(3)19)12-18(4,22)11-14(7-2)16(20)10-17(21)23-5/h13-16,20,22H,6-12H2,1-5H3/t13-,14-,15+,16-,18-/m1/s1. The van der Waals surface area contributed by atoms with Crippen molar-refractivity contribution >= 4 is 17.6 Å². The maximum Gasteiger partial charge on any atom is 0.308 e. The fraction of sp³-hybridized carbons (Fsp3) is 0.944. The van der Waals surface area contributed by atoms with Gasteiger partial charge in [-0.25, -0.2) is 0 Å². The summed E-state index contributed by atoms with van der Waals surface area (Å²) >= 11 is 6.28. The molecule has 0 amide bonds. The number of hydrogen-bond acceptors (Lipinski definition) is 4. The van der Waals surface area contributed by atoms with Crippen LogP contribution >= 0.6 is 11.6 Å². The molecule has 0 spiro atoms. The Morgan fingerprint density at radius 1 is 1.26 bits per heavy atom. The second kappa shape index (κ2) is 11.3. The van der Waals surface area contributed by atoms with E-state index < -0.39 is 17.7 Å². The monoisotopic (exact) mass is 350 g/mol. The largest absolute Gasteiger partial charge is 0.469 e. The fourth-order valence-electron chi connectivity index (χ4n) is 3.15. The van der Waals surface area contributed by atoms with Crippen molar-refractivity contribution in [3.05, 3.63) is 0 Å². The van der Waals surface area contributed by atoms with Gasteiger partial charge < -0.3 is 14.9 Å². The van der Waals surface area contributed by atoms with Gasteiger partial charge in [-0.2, -0.15) is 0 Å². The zero-order chi connectivity index (χ0) is 18.0. The van der Waals surface area contributed by atoms with Crippen LogP contribution in [0, 0.1) is 11.8 Å². The van der Waals surface area contributed by atoms with Crippen LogP contribution in [0.5, 0.6) is 0 Å². The number of aliphatic hydroxyl groups excluding tert-OH is 1. The first-order valence-electron chi connectivity index (χ1n) is 8.78. The Morgan fingerprint density at radius 2 is 1.83 bits per heavy atom. The second-order valence-corrected chi connectivity index (χ2v) is 7.69. The Balaban J connectivity index is 4.73. The first-order valence-corrected chi connectivity index (χ1v) is 9.21. The third-order valence-electron chi connectivity index (χ3n) is 4.65. The lowest BCUT2D eigenvalue weighted by Crippen LogP contribution is -2.36. The molecule has 0 aromatic rings. The Bertz CT molecular complexity index is 331. The number of hydrogen-bond donors (Lipinski definition) is 2. The van der Waals surface area contributed by atoms with Gasteiger partial charge in [0.25, 0.3) is 0 Å². The average Bonchev–Trinajstić information content (AvgIpc) is 2.48. The average molecular weight is 351 g/mol. The molecular formula is C18H35ClO4. The van der Waals surface area contributed by atoms with E-state index in [9.17, 15) is 15.0 Å². The Labute approximate surface area is 146 Å². The molecule has 2 N–H and O–H groups in total. The lowest BCUT2D eigenvalue weighted by atomic mass is 9.79. The lowest BCUT2D eigenvalue weighted by Gasteiger charge is -2.34. The smallest absolute Gasteiger partial charge is 0.308 e. The summed E-state index contributed by atoms with van der Waals surface area (Å²) in [6, 6.07) is 0. The maximum absolute atomic E-state index is 11.3. The van der Waals surface area contributed by atoms with Crippen LogP contribution in [0.1, 0.15) is 72.6 Å². The quantitative estimate of drug-likeness (QED) is 0.414. The molecule has 0 unspecified atom stereocenters. The summed E-state index contributed by atoms with van der Waals surface area (Å²) in [5.41, 5.74) is -0.903. The van der Waals surface area contributed by atoms with Crippen LogP contribution < -0.4 is 0 Å². The van der Waals surface area contributed by atoms with Gasteiger partial charge in [-0.05, 0) is 44.9 Å². The Morgan fingerprint density at radius 3 is 2.26 bits per heavy atom. The summed E-state index contributed by atoms with van der Waals surface area (Å²) in [7, 11) is 1.31. The van der Waals surface area contributed by atoms with E-state index in [1.54, 1.807) is 6.92 Å². The van der Waals surface area contributed by atoms with Crippen LogP contribution in [0.25, 0.3) is 0 Å². The van der Waals surface area contributed by atoms with Gasteiger partial charge in [0.05, 0.1) is 25.2 Å². The Kier molecular flexibility index (Phi) is 11.1. The number of unbranched alkanes of at least 4 members (excludes halogenated alkanes) is 1. The maximum atomic E-state index is 11.3. The van der Waals surface area contributed by atoms with E-state index in [4.69, 9.17) is 11.6 Å². The minimum atomic E-state index is -0.903. The molecule has 0 heterocycles. The topological polar surface area (TPSA) is 66.8 Å². The van der Waals surface area contributed by atoms with E-state index in [0.29, 0.717) is 19.3 Å². The van der Waals surface area contributed by atoms with Crippen LogP contribution in [-0.4, -0.2) is 40.4 Å². The highest BCUT2D eigenvalue weighted by atomic mass is 35.5. The van der Waals surface area contributed by atoms with Crippen molar-refractivity contribution in [3.63, 3.8) is 0 Å². The number of halogens is 1. The molecule has 0 saturated carbocycles. The zero-order valence-electron chi connectivity index (χ0n) is 15.3. The number of alkyl halides is 1. The van der Waals surface area contributed by atoms with E-state index in [1.807, 2.05) is 13.8 Å². The molecular weight excluding hydrogens is 316 g/mol. The molecule has 138 valence electrons. The molecule has 4 nitrogen and oxygen atoms in total. The summed E-state index contributed by atoms with van der Waals surface area (Å²) in [4.78, 5) is 11.3. The van der Waals surface area contributed by atoms with Gasteiger partial charge in [0, 0.05) is 5.38 Å². The fourth-order valence-corrected chi connectivity index (χ4v) is 3.36. The van der Waals surface area contributed by atoms with E-state index in [0.717, 1.165) is 19.3 Å². The third-order valence-corrected chi connectivity index (χ3v) is 5.01. The van der Waals surface area contributed by atoms with Crippen molar-refractivity contribution in [1.82, 2.24) is 0 Å². The van der Waals surface area contributed by atoms with Crippen LogP contribution in [0.15, 0.2) is 0 Å². The molecule has 0 aliphatic carbocycles. The first-order chi connectivity index (χ1) is 10.7. The summed E-state index contributed by atoms with van der Waals surface area (Å²) in [6.45, 7) is 7.88. The molecule has 0 saturated heterocycles. The molecule has 0 fully saturated rings. The number of carbonyl (C=O) groups is 1. The SMILES string of the molecule is CCCC[C@@H](C[C@](C)(O)C[C@@H](CC)[C@H](O)CC(=O)OC)[C@@H](C)Cl. The lowest BCUT2D eigenvalue weighted by molar-refractivity contribution is -0.144. The number of rotatable bonds is 12. The van der Waals surface area contributed by atoms with Gasteiger partial charge in [0.1, 0.15) is 0 Å². The Hall–Kier alpha value is -0.320. The van der Waals surface area contributed by atoms with Gasteiger partial charge in [0.2, 0.25) is 0 Å². The van der Waals surface area contributed by atoms with E-state index in [1.165, 1.54) is 7.11 Å². The number of esters is 1. The summed E-state index contributed by atoms with van der Waals surface area (Å²) in [5, 5.41) is 21.0. The predicted molar refractivity (Wildman–Crippen MR) is 94.6 cm³/mol. The molecule has 0 aliphatic heterocycles. The molecule has 5 atom stereocenters. The van der Waals surface area contributed by atoms with Gasteiger partial charge in [-0.15, -0.1) is 11.6 Å². The number of carbonyl (C=O) groups excluding carboxylic acids is 1. The zero-order valence-corrected chi connectivity index (χ0v) is 16.1. The molecule has 5 heteroatoms. The van der Waals surface area contributed by atoms with Gasteiger partial charge in [-0.3, -0.25) is 4.79 Å². The molecule has 0 bridgehead atoms. The third kappa shape index (κ3) is 9.53. The molecule has 23 heavy (non-hydrogen) atoms. The molecule has 0 radical (unpaired) electrons. The van der Waals surface area contributed by atoms with Crippen molar-refractivity contribution in [2.24, 2.45) is 11.8 Å². The predicted octanol–water partition coefficient (Wildman–Crippen LogP) is 3.90. The summed E-state index contributed by atoms with van der Waals surface area (Å²) in [5.74, 6) is -0.311. The molecule has 0 rings (SSSR count). The van der Waals surface area contributed by atoms with Gasteiger partial charge in [-0.1, -0.05) is 33.1 Å². The molecule has 0 aromatic heterocycles. The highest BCUT2D eigenvalue weighted by Gasteiger charge is 2.33. The van der Waals surface area contributed by atoms with Crippen LogP contribution in [0.4, 0.5) is 0 Å². The molecule has 0 aliphatic rings. The van der Waals surface area contributed by atoms with E-state index >= 15 is 0 Å². The van der Waals surface area contributed by atoms with Crippen molar-refractivity contribution < 1.29 is 19.7 Å². The van der Waals surface area contributed by atoms with Crippen molar-refractivity contribution in [2.45, 2.75) is 89.7 Å².